The summed E-state index contributed by atoms with van der Waals surface area (Å²) in [6.07, 6.45) is 0.908. The second-order valence-electron chi connectivity index (χ2n) is 2.95. The molecule has 3 nitrogen and oxygen atoms in total. The highest BCUT2D eigenvalue weighted by atomic mass is 79.9. The molecular formula is C7H12BrNO2. The Hall–Kier alpha value is -0.380. The molecule has 0 rings (SSSR count). The second-order valence-corrected chi connectivity index (χ2v) is 3.59. The summed E-state index contributed by atoms with van der Waals surface area (Å²) in [4.78, 5) is 14.3. The molecular weight excluding hydrogens is 210 g/mol. The maximum absolute atomic E-state index is 10.8. The molecule has 0 aromatic rings. The van der Waals surface area contributed by atoms with Crippen molar-refractivity contribution in [1.29, 1.82) is 0 Å². The van der Waals surface area contributed by atoms with Crippen LogP contribution in [-0.4, -0.2) is 23.2 Å². The van der Waals surface area contributed by atoms with Crippen LogP contribution < -0.4 is 0 Å². The van der Waals surface area contributed by atoms with Crippen LogP contribution in [-0.2, 0) is 4.74 Å². The van der Waals surface area contributed by atoms with E-state index >= 15 is 0 Å². The molecule has 0 heterocycles. The standard InChI is InChI=1S/C7H12BrNO2/c1-7(2,3)11-6(10)9-5-4-8/h5H,4H2,1-3H3. The predicted molar refractivity (Wildman–Crippen MR) is 48.5 cm³/mol. The molecule has 0 N–H and O–H groups in total. The van der Waals surface area contributed by atoms with Crippen LogP contribution in [0.15, 0.2) is 4.99 Å². The van der Waals surface area contributed by atoms with Crippen LogP contribution in [0, 0.1) is 0 Å². The number of nitrogens with zero attached hydrogens (tertiary/aromatic N) is 1. The van der Waals surface area contributed by atoms with Crippen LogP contribution in [0.2, 0.25) is 0 Å². The van der Waals surface area contributed by atoms with Gasteiger partial charge in [0.15, 0.2) is 0 Å². The summed E-state index contributed by atoms with van der Waals surface area (Å²) in [5.41, 5.74) is -0.458. The number of ether oxygens (including phenoxy) is 1. The first-order chi connectivity index (χ1) is 4.95. The van der Waals surface area contributed by atoms with Gasteiger partial charge < -0.3 is 4.74 Å². The Morgan fingerprint density at radius 2 is 2.18 bits per heavy atom. The molecule has 0 unspecified atom stereocenters. The number of carbonyl (C=O) groups is 1. The highest BCUT2D eigenvalue weighted by Crippen LogP contribution is 2.07. The SMILES string of the molecule is CC(C)(C)OC(=O)N=CCBr. The second kappa shape index (κ2) is 4.49. The number of hydrogen-bond acceptors (Lipinski definition) is 2. The van der Waals surface area contributed by atoms with Gasteiger partial charge in [0.25, 0.3) is 0 Å². The minimum atomic E-state index is -0.544. The van der Waals surface area contributed by atoms with Gasteiger partial charge in [-0.15, -0.1) is 0 Å². The summed E-state index contributed by atoms with van der Waals surface area (Å²) in [5, 5.41) is 0.562. The number of carbonyl (C=O) groups excluding carboxylic acids is 1. The maximum Gasteiger partial charge on any atom is 0.433 e. The van der Waals surface area contributed by atoms with Crippen molar-refractivity contribution in [1.82, 2.24) is 0 Å². The van der Waals surface area contributed by atoms with Crippen molar-refractivity contribution in [3.05, 3.63) is 0 Å². The predicted octanol–water partition coefficient (Wildman–Crippen LogP) is 2.39. The van der Waals surface area contributed by atoms with Crippen LogP contribution in [0.1, 0.15) is 20.8 Å². The molecule has 0 spiro atoms. The number of halogens is 1. The number of hydrogen-bond donors (Lipinski definition) is 0. The van der Waals surface area contributed by atoms with Gasteiger partial charge in [-0.05, 0) is 20.8 Å². The minimum Gasteiger partial charge on any atom is -0.442 e. The molecule has 0 aliphatic rings. The molecule has 0 aliphatic heterocycles. The molecule has 64 valence electrons. The average Bonchev–Trinajstić information content (AvgIpc) is 1.79. The molecule has 11 heavy (non-hydrogen) atoms. The van der Waals surface area contributed by atoms with Crippen molar-refractivity contribution in [2.75, 3.05) is 5.33 Å². The first-order valence-corrected chi connectivity index (χ1v) is 4.39. The molecule has 0 saturated carbocycles. The Kier molecular flexibility index (Phi) is 4.33. The van der Waals surface area contributed by atoms with E-state index in [9.17, 15) is 4.79 Å². The zero-order valence-corrected chi connectivity index (χ0v) is 8.51. The van der Waals surface area contributed by atoms with Crippen LogP contribution in [0.3, 0.4) is 0 Å². The van der Waals surface area contributed by atoms with Gasteiger partial charge in [-0.2, -0.15) is 4.99 Å². The lowest BCUT2D eigenvalue weighted by atomic mass is 10.2. The minimum absolute atomic E-state index is 0.458. The molecule has 4 heteroatoms. The highest BCUT2D eigenvalue weighted by Gasteiger charge is 2.14. The van der Waals surface area contributed by atoms with Gasteiger partial charge in [-0.25, -0.2) is 4.79 Å². The lowest BCUT2D eigenvalue weighted by Gasteiger charge is -2.16. The van der Waals surface area contributed by atoms with Crippen molar-refractivity contribution in [2.45, 2.75) is 26.4 Å². The third-order valence-corrected chi connectivity index (χ3v) is 0.949. The van der Waals surface area contributed by atoms with Crippen molar-refractivity contribution >= 4 is 28.2 Å². The Morgan fingerprint density at radius 3 is 2.55 bits per heavy atom. The quantitative estimate of drug-likeness (QED) is 0.504. The van der Waals surface area contributed by atoms with E-state index in [1.807, 2.05) is 0 Å². The maximum atomic E-state index is 10.8. The number of rotatable bonds is 1. The topological polar surface area (TPSA) is 38.7 Å². The molecule has 0 aromatic heterocycles. The fraction of sp³-hybridized carbons (Fsp3) is 0.714. The summed E-state index contributed by atoms with van der Waals surface area (Å²) < 4.78 is 4.88. The lowest BCUT2D eigenvalue weighted by molar-refractivity contribution is 0.0605. The monoisotopic (exact) mass is 221 g/mol. The molecule has 1 amide bonds. The zero-order valence-electron chi connectivity index (χ0n) is 6.93. The van der Waals surface area contributed by atoms with Crippen molar-refractivity contribution in [2.24, 2.45) is 4.99 Å². The van der Waals surface area contributed by atoms with E-state index < -0.39 is 11.7 Å². The van der Waals surface area contributed by atoms with E-state index in [0.717, 1.165) is 0 Å². The van der Waals surface area contributed by atoms with Gasteiger partial charge in [0.1, 0.15) is 5.60 Å². The summed E-state index contributed by atoms with van der Waals surface area (Å²) >= 11 is 3.10. The molecule has 0 aromatic carbocycles. The first-order valence-electron chi connectivity index (χ1n) is 3.27. The van der Waals surface area contributed by atoms with Crippen molar-refractivity contribution in [3.63, 3.8) is 0 Å². The third kappa shape index (κ3) is 7.52. The largest absolute Gasteiger partial charge is 0.442 e. The summed E-state index contributed by atoms with van der Waals surface area (Å²) in [5.74, 6) is 0. The Balaban J connectivity index is 3.80. The molecule has 0 aliphatic carbocycles. The van der Waals surface area contributed by atoms with Crippen LogP contribution in [0.4, 0.5) is 4.79 Å². The highest BCUT2D eigenvalue weighted by molar-refractivity contribution is 9.09. The van der Waals surface area contributed by atoms with E-state index in [2.05, 4.69) is 20.9 Å². The van der Waals surface area contributed by atoms with E-state index in [0.29, 0.717) is 5.33 Å². The lowest BCUT2D eigenvalue weighted by Crippen LogP contribution is -2.21. The van der Waals surface area contributed by atoms with Crippen LogP contribution in [0.5, 0.6) is 0 Å². The number of alkyl halides is 1. The summed E-state index contributed by atoms with van der Waals surface area (Å²) in [7, 11) is 0. The Bertz CT molecular complexity index is 160. The Labute approximate surface area is 75.0 Å². The van der Waals surface area contributed by atoms with Gasteiger partial charge in [0.05, 0.1) is 0 Å². The number of aliphatic imine (C=N–C) groups is 1. The molecule has 0 bridgehead atoms. The molecule has 0 atom stereocenters. The third-order valence-electron chi connectivity index (χ3n) is 0.659. The van der Waals surface area contributed by atoms with E-state index in [1.54, 1.807) is 20.8 Å². The fourth-order valence-corrected chi connectivity index (χ4v) is 0.542. The van der Waals surface area contributed by atoms with Crippen molar-refractivity contribution in [3.8, 4) is 0 Å². The average molecular weight is 222 g/mol. The first kappa shape index (κ1) is 10.6. The Morgan fingerprint density at radius 1 is 1.64 bits per heavy atom. The van der Waals surface area contributed by atoms with Gasteiger partial charge in [0, 0.05) is 11.5 Å². The van der Waals surface area contributed by atoms with Crippen LogP contribution >= 0.6 is 15.9 Å². The van der Waals surface area contributed by atoms with Crippen molar-refractivity contribution < 1.29 is 9.53 Å². The van der Waals surface area contributed by atoms with E-state index in [1.165, 1.54) is 6.21 Å². The van der Waals surface area contributed by atoms with Gasteiger partial charge in [-0.1, -0.05) is 15.9 Å². The smallest absolute Gasteiger partial charge is 0.433 e. The van der Waals surface area contributed by atoms with Gasteiger partial charge >= 0.3 is 6.09 Å². The van der Waals surface area contributed by atoms with E-state index in [-0.39, 0.29) is 0 Å². The van der Waals surface area contributed by atoms with E-state index in [4.69, 9.17) is 4.74 Å². The molecule has 0 fully saturated rings. The summed E-state index contributed by atoms with van der Waals surface area (Å²) in [6.45, 7) is 5.40. The fourth-order valence-electron chi connectivity index (χ4n) is 0.397. The normalized spacial score (nSPS) is 12.0. The zero-order chi connectivity index (χ0) is 8.91. The summed E-state index contributed by atoms with van der Waals surface area (Å²) in [6, 6.07) is 0. The number of amides is 1. The molecule has 0 radical (unpaired) electrons. The molecule has 0 saturated heterocycles. The van der Waals surface area contributed by atoms with Gasteiger partial charge in [0.2, 0.25) is 0 Å². The van der Waals surface area contributed by atoms with Crippen LogP contribution in [0.25, 0.3) is 0 Å². The van der Waals surface area contributed by atoms with Gasteiger partial charge in [-0.3, -0.25) is 0 Å².